The van der Waals surface area contributed by atoms with Crippen LogP contribution in [0.2, 0.25) is 0 Å². The van der Waals surface area contributed by atoms with Gasteiger partial charge in [-0.15, -0.1) is 0 Å². The molecule has 7 heteroatoms. The fourth-order valence-corrected chi connectivity index (χ4v) is 4.82. The molecule has 0 spiro atoms. The third kappa shape index (κ3) is 4.32. The Morgan fingerprint density at radius 1 is 0.929 bits per heavy atom. The number of fused-ring (bicyclic) bond motifs is 1. The molecule has 0 unspecified atom stereocenters. The van der Waals surface area contributed by atoms with E-state index in [4.69, 9.17) is 9.47 Å². The van der Waals surface area contributed by atoms with Crippen molar-refractivity contribution in [1.82, 2.24) is 9.62 Å². The lowest BCUT2D eigenvalue weighted by atomic mass is 10.1. The molecule has 1 atom stereocenters. The summed E-state index contributed by atoms with van der Waals surface area (Å²) in [6, 6.07) is 14.9. The SMILES string of the molecule is O=S(=O)(NC[C@H](c1ccccc1)N1CCCC1)c1ccc2c(c1)OCCCO2. The summed E-state index contributed by atoms with van der Waals surface area (Å²) in [5, 5.41) is 0. The number of benzene rings is 2. The maximum atomic E-state index is 12.9. The van der Waals surface area contributed by atoms with Crippen LogP contribution in [0.15, 0.2) is 53.4 Å². The Bertz CT molecular complexity index is 896. The summed E-state index contributed by atoms with van der Waals surface area (Å²) in [6.07, 6.45) is 3.08. The molecule has 0 saturated carbocycles. The summed E-state index contributed by atoms with van der Waals surface area (Å²) in [5.41, 5.74) is 1.13. The molecule has 0 bridgehead atoms. The minimum atomic E-state index is -3.65. The Hall–Kier alpha value is -2.09. The highest BCUT2D eigenvalue weighted by Gasteiger charge is 2.26. The standard InChI is InChI=1S/C21H26N2O4S/c24-28(25,18-9-10-20-21(15-18)27-14-6-13-26-20)22-16-19(23-11-4-5-12-23)17-7-2-1-3-8-17/h1-3,7-10,15,19,22H,4-6,11-14,16H2/t19-/m1/s1. The monoisotopic (exact) mass is 402 g/mol. The van der Waals surface area contributed by atoms with Gasteiger partial charge in [0.2, 0.25) is 10.0 Å². The molecule has 2 aliphatic rings. The topological polar surface area (TPSA) is 67.9 Å². The van der Waals surface area contributed by atoms with Gasteiger partial charge in [-0.05, 0) is 43.6 Å². The summed E-state index contributed by atoms with van der Waals surface area (Å²) in [7, 11) is -3.65. The highest BCUT2D eigenvalue weighted by Crippen LogP contribution is 2.32. The number of nitrogens with one attached hydrogen (secondary N) is 1. The van der Waals surface area contributed by atoms with Crippen molar-refractivity contribution < 1.29 is 17.9 Å². The van der Waals surface area contributed by atoms with Crippen molar-refractivity contribution in [2.24, 2.45) is 0 Å². The van der Waals surface area contributed by atoms with Crippen molar-refractivity contribution in [3.8, 4) is 11.5 Å². The van der Waals surface area contributed by atoms with E-state index in [1.54, 1.807) is 18.2 Å². The second kappa shape index (κ2) is 8.51. The Morgan fingerprint density at radius 3 is 2.39 bits per heavy atom. The van der Waals surface area contributed by atoms with Gasteiger partial charge in [0.1, 0.15) is 0 Å². The van der Waals surface area contributed by atoms with Crippen LogP contribution in [0.1, 0.15) is 30.9 Å². The van der Waals surface area contributed by atoms with E-state index in [9.17, 15) is 8.42 Å². The van der Waals surface area contributed by atoms with E-state index in [2.05, 4.69) is 21.8 Å². The van der Waals surface area contributed by atoms with Crippen LogP contribution in [0.4, 0.5) is 0 Å². The van der Waals surface area contributed by atoms with Crippen molar-refractivity contribution in [2.75, 3.05) is 32.8 Å². The Kier molecular flexibility index (Phi) is 5.85. The van der Waals surface area contributed by atoms with Gasteiger partial charge in [0.05, 0.1) is 18.1 Å². The van der Waals surface area contributed by atoms with Gasteiger partial charge < -0.3 is 9.47 Å². The predicted octanol–water partition coefficient (Wildman–Crippen LogP) is 2.96. The van der Waals surface area contributed by atoms with Crippen LogP contribution in [0, 0.1) is 0 Å². The highest BCUT2D eigenvalue weighted by atomic mass is 32.2. The lowest BCUT2D eigenvalue weighted by Crippen LogP contribution is -2.36. The molecule has 0 aliphatic carbocycles. The van der Waals surface area contributed by atoms with E-state index >= 15 is 0 Å². The average Bonchev–Trinajstić information content (AvgIpc) is 3.13. The van der Waals surface area contributed by atoms with E-state index in [1.807, 2.05) is 18.2 Å². The maximum Gasteiger partial charge on any atom is 0.240 e. The first-order chi connectivity index (χ1) is 13.6. The van der Waals surface area contributed by atoms with Crippen molar-refractivity contribution in [3.63, 3.8) is 0 Å². The van der Waals surface area contributed by atoms with Crippen LogP contribution in [-0.2, 0) is 10.0 Å². The van der Waals surface area contributed by atoms with Crippen LogP contribution in [0.25, 0.3) is 0 Å². The molecule has 28 heavy (non-hydrogen) atoms. The fourth-order valence-electron chi connectivity index (χ4n) is 3.77. The quantitative estimate of drug-likeness (QED) is 0.805. The summed E-state index contributed by atoms with van der Waals surface area (Å²) in [6.45, 7) is 3.42. The Morgan fingerprint density at radius 2 is 1.64 bits per heavy atom. The largest absolute Gasteiger partial charge is 0.490 e. The van der Waals surface area contributed by atoms with Gasteiger partial charge in [0, 0.05) is 25.1 Å². The number of ether oxygens (including phenoxy) is 2. The number of hydrogen-bond donors (Lipinski definition) is 1. The second-order valence-electron chi connectivity index (χ2n) is 7.18. The Labute approximate surface area is 166 Å². The van der Waals surface area contributed by atoms with E-state index in [-0.39, 0.29) is 10.9 Å². The van der Waals surface area contributed by atoms with Gasteiger partial charge in [-0.3, -0.25) is 4.90 Å². The minimum absolute atomic E-state index is 0.0267. The average molecular weight is 403 g/mol. The van der Waals surface area contributed by atoms with E-state index in [0.29, 0.717) is 31.3 Å². The molecule has 2 heterocycles. The fraction of sp³-hybridized carbons (Fsp3) is 0.429. The number of sulfonamides is 1. The third-order valence-corrected chi connectivity index (χ3v) is 6.68. The number of rotatable bonds is 6. The summed E-state index contributed by atoms with van der Waals surface area (Å²) in [5.74, 6) is 1.08. The molecule has 1 N–H and O–H groups in total. The first kappa shape index (κ1) is 19.2. The molecule has 4 rings (SSSR count). The highest BCUT2D eigenvalue weighted by molar-refractivity contribution is 7.89. The molecule has 0 amide bonds. The van der Waals surface area contributed by atoms with Crippen molar-refractivity contribution >= 4 is 10.0 Å². The minimum Gasteiger partial charge on any atom is -0.490 e. The van der Waals surface area contributed by atoms with E-state index in [1.165, 1.54) is 0 Å². The molecule has 1 fully saturated rings. The second-order valence-corrected chi connectivity index (χ2v) is 8.95. The molecule has 0 aromatic heterocycles. The van der Waals surface area contributed by atoms with Crippen LogP contribution < -0.4 is 14.2 Å². The Balaban J connectivity index is 1.52. The predicted molar refractivity (Wildman–Crippen MR) is 107 cm³/mol. The van der Waals surface area contributed by atoms with Gasteiger partial charge in [0.15, 0.2) is 11.5 Å². The van der Waals surface area contributed by atoms with Gasteiger partial charge >= 0.3 is 0 Å². The van der Waals surface area contributed by atoms with Crippen LogP contribution in [0.3, 0.4) is 0 Å². The molecule has 150 valence electrons. The van der Waals surface area contributed by atoms with Crippen molar-refractivity contribution in [1.29, 1.82) is 0 Å². The molecular weight excluding hydrogens is 376 g/mol. The number of hydrogen-bond acceptors (Lipinski definition) is 5. The number of likely N-dealkylation sites (tertiary alicyclic amines) is 1. The summed E-state index contributed by atoms with van der Waals surface area (Å²) in [4.78, 5) is 2.55. The normalized spacial score (nSPS) is 18.6. The molecule has 0 radical (unpaired) electrons. The number of nitrogens with zero attached hydrogens (tertiary/aromatic N) is 1. The summed E-state index contributed by atoms with van der Waals surface area (Å²) >= 11 is 0. The third-order valence-electron chi connectivity index (χ3n) is 5.26. The van der Waals surface area contributed by atoms with Crippen LogP contribution >= 0.6 is 0 Å². The lowest BCUT2D eigenvalue weighted by Gasteiger charge is -2.28. The zero-order valence-corrected chi connectivity index (χ0v) is 16.7. The molecule has 1 saturated heterocycles. The van der Waals surface area contributed by atoms with Gasteiger partial charge in [-0.25, -0.2) is 13.1 Å². The van der Waals surface area contributed by atoms with Crippen molar-refractivity contribution in [3.05, 3.63) is 54.1 Å². The molecule has 6 nitrogen and oxygen atoms in total. The lowest BCUT2D eigenvalue weighted by molar-refractivity contribution is 0.246. The van der Waals surface area contributed by atoms with Gasteiger partial charge in [-0.1, -0.05) is 30.3 Å². The first-order valence-corrected chi connectivity index (χ1v) is 11.3. The molecule has 2 aromatic rings. The summed E-state index contributed by atoms with van der Waals surface area (Å²) < 4.78 is 39.9. The van der Waals surface area contributed by atoms with Gasteiger partial charge in [-0.2, -0.15) is 0 Å². The van der Waals surface area contributed by atoms with Crippen LogP contribution in [-0.4, -0.2) is 46.2 Å². The zero-order valence-electron chi connectivity index (χ0n) is 15.8. The zero-order chi connectivity index (χ0) is 19.4. The molecule has 2 aliphatic heterocycles. The smallest absolute Gasteiger partial charge is 0.240 e. The molecule has 2 aromatic carbocycles. The van der Waals surface area contributed by atoms with Gasteiger partial charge in [0.25, 0.3) is 0 Å². The molecular formula is C21H26N2O4S. The van der Waals surface area contributed by atoms with E-state index in [0.717, 1.165) is 37.9 Å². The van der Waals surface area contributed by atoms with Crippen molar-refractivity contribution in [2.45, 2.75) is 30.2 Å². The maximum absolute atomic E-state index is 12.9. The van der Waals surface area contributed by atoms with E-state index < -0.39 is 10.0 Å². The van der Waals surface area contributed by atoms with Crippen LogP contribution in [0.5, 0.6) is 11.5 Å². The first-order valence-electron chi connectivity index (χ1n) is 9.82.